The van der Waals surface area contributed by atoms with Crippen molar-refractivity contribution in [2.75, 3.05) is 0 Å². The van der Waals surface area contributed by atoms with E-state index in [2.05, 4.69) is 16.3 Å². The maximum absolute atomic E-state index is 12.3. The van der Waals surface area contributed by atoms with Gasteiger partial charge in [-0.25, -0.2) is 4.79 Å². The Hall–Kier alpha value is -2.68. The number of hydrogen-bond donors (Lipinski definition) is 0. The smallest absolute Gasteiger partial charge is 0.338 e. The van der Waals surface area contributed by atoms with Crippen molar-refractivity contribution >= 4 is 5.97 Å². The highest BCUT2D eigenvalue weighted by Gasteiger charge is 2.28. The van der Waals surface area contributed by atoms with Crippen molar-refractivity contribution in [3.8, 4) is 17.5 Å². The molecular weight excluding hydrogens is 282 g/mol. The Bertz CT molecular complexity index is 691. The number of nitriles is 1. The second kappa shape index (κ2) is 6.39. The van der Waals surface area contributed by atoms with Crippen molar-refractivity contribution in [1.29, 1.82) is 5.26 Å². The third-order valence-corrected chi connectivity index (χ3v) is 3.83. The van der Waals surface area contributed by atoms with Gasteiger partial charge in [0, 0.05) is 5.56 Å². The molecule has 1 heterocycles. The molecule has 6 heteroatoms. The van der Waals surface area contributed by atoms with Crippen LogP contribution in [-0.2, 0) is 4.74 Å². The second-order valence-electron chi connectivity index (χ2n) is 5.29. The van der Waals surface area contributed by atoms with Gasteiger partial charge in [-0.3, -0.25) is 0 Å². The number of carbonyl (C=O) groups excluding carboxylic acids is 1. The molecule has 3 rings (SSSR count). The Labute approximate surface area is 127 Å². The zero-order valence-electron chi connectivity index (χ0n) is 11.9. The molecule has 1 aromatic carbocycles. The Morgan fingerprint density at radius 2 is 2.23 bits per heavy atom. The van der Waals surface area contributed by atoms with E-state index in [9.17, 15) is 4.79 Å². The van der Waals surface area contributed by atoms with E-state index in [0.717, 1.165) is 25.7 Å². The van der Waals surface area contributed by atoms with Gasteiger partial charge in [-0.1, -0.05) is 12.5 Å². The minimum atomic E-state index is -0.423. The molecule has 0 unspecified atom stereocenters. The Balaban J connectivity index is 1.75. The predicted octanol–water partition coefficient (Wildman–Crippen LogP) is 2.98. The summed E-state index contributed by atoms with van der Waals surface area (Å²) in [6, 6.07) is 9.08. The van der Waals surface area contributed by atoms with Crippen molar-refractivity contribution < 1.29 is 13.9 Å². The summed E-state index contributed by atoms with van der Waals surface area (Å²) in [6.45, 7) is 0. The molecule has 1 fully saturated rings. The molecule has 1 saturated carbocycles. The lowest BCUT2D eigenvalue weighted by molar-refractivity contribution is 0.0107. The number of benzene rings is 1. The molecule has 0 N–H and O–H groups in total. The van der Waals surface area contributed by atoms with Crippen LogP contribution in [0.25, 0.3) is 11.5 Å². The highest BCUT2D eigenvalue weighted by molar-refractivity contribution is 5.90. The fourth-order valence-corrected chi connectivity index (χ4v) is 2.67. The van der Waals surface area contributed by atoms with Gasteiger partial charge in [-0.2, -0.15) is 5.26 Å². The molecule has 6 nitrogen and oxygen atoms in total. The Morgan fingerprint density at radius 1 is 1.36 bits per heavy atom. The predicted molar refractivity (Wildman–Crippen MR) is 76.5 cm³/mol. The Morgan fingerprint density at radius 3 is 3.00 bits per heavy atom. The lowest BCUT2D eigenvalue weighted by atomic mass is 9.87. The van der Waals surface area contributed by atoms with Crippen LogP contribution in [0.2, 0.25) is 0 Å². The molecule has 1 aliphatic carbocycles. The topological polar surface area (TPSA) is 89.0 Å². The van der Waals surface area contributed by atoms with Gasteiger partial charge in [0.2, 0.25) is 12.3 Å². The van der Waals surface area contributed by atoms with Crippen LogP contribution >= 0.6 is 0 Å². The van der Waals surface area contributed by atoms with E-state index in [1.807, 2.05) is 0 Å². The van der Waals surface area contributed by atoms with Gasteiger partial charge >= 0.3 is 5.97 Å². The van der Waals surface area contributed by atoms with Crippen molar-refractivity contribution in [2.45, 2.75) is 31.8 Å². The first kappa shape index (κ1) is 14.3. The summed E-state index contributed by atoms with van der Waals surface area (Å²) in [4.78, 5) is 12.3. The second-order valence-corrected chi connectivity index (χ2v) is 5.29. The molecule has 0 saturated heterocycles. The molecular formula is C16H15N3O3. The largest absolute Gasteiger partial charge is 0.457 e. The number of carbonyl (C=O) groups is 1. The van der Waals surface area contributed by atoms with Gasteiger partial charge in [0.15, 0.2) is 0 Å². The molecule has 0 radical (unpaired) electrons. The highest BCUT2D eigenvalue weighted by Crippen LogP contribution is 2.27. The van der Waals surface area contributed by atoms with Crippen molar-refractivity contribution in [1.82, 2.24) is 10.2 Å². The van der Waals surface area contributed by atoms with Crippen LogP contribution in [-0.4, -0.2) is 22.3 Å². The number of ether oxygens (including phenoxy) is 1. The van der Waals surface area contributed by atoms with Gasteiger partial charge in [-0.05, 0) is 37.5 Å². The molecule has 112 valence electrons. The highest BCUT2D eigenvalue weighted by atomic mass is 16.5. The van der Waals surface area contributed by atoms with E-state index < -0.39 is 5.97 Å². The van der Waals surface area contributed by atoms with Crippen LogP contribution in [0.3, 0.4) is 0 Å². The first-order valence-electron chi connectivity index (χ1n) is 7.25. The molecule has 0 bridgehead atoms. The van der Waals surface area contributed by atoms with E-state index in [1.54, 1.807) is 24.3 Å². The van der Waals surface area contributed by atoms with Crippen molar-refractivity contribution in [2.24, 2.45) is 5.92 Å². The van der Waals surface area contributed by atoms with Crippen LogP contribution in [0.5, 0.6) is 0 Å². The van der Waals surface area contributed by atoms with Crippen LogP contribution in [0, 0.1) is 17.2 Å². The van der Waals surface area contributed by atoms with Gasteiger partial charge in [0.05, 0.1) is 17.6 Å². The van der Waals surface area contributed by atoms with Gasteiger partial charge < -0.3 is 9.15 Å². The third kappa shape index (κ3) is 2.98. The van der Waals surface area contributed by atoms with E-state index in [-0.39, 0.29) is 12.0 Å². The van der Waals surface area contributed by atoms with Crippen LogP contribution in [0.15, 0.2) is 35.1 Å². The average Bonchev–Trinajstić information content (AvgIpc) is 3.10. The van der Waals surface area contributed by atoms with E-state index in [4.69, 9.17) is 14.4 Å². The fourth-order valence-electron chi connectivity index (χ4n) is 2.67. The summed E-state index contributed by atoms with van der Waals surface area (Å²) in [5.74, 6) is -0.285. The number of aromatic nitrogens is 2. The molecule has 2 atom stereocenters. The Kier molecular flexibility index (Phi) is 4.15. The van der Waals surface area contributed by atoms with Gasteiger partial charge in [-0.15, -0.1) is 10.2 Å². The van der Waals surface area contributed by atoms with Crippen LogP contribution < -0.4 is 0 Å². The minimum Gasteiger partial charge on any atom is -0.457 e. The normalized spacial score (nSPS) is 21.0. The summed E-state index contributed by atoms with van der Waals surface area (Å²) in [6.07, 6.45) is 4.44. The molecule has 0 spiro atoms. The molecule has 0 amide bonds. The summed E-state index contributed by atoms with van der Waals surface area (Å²) in [5.41, 5.74) is 1.07. The lowest BCUT2D eigenvalue weighted by Gasteiger charge is -2.26. The molecule has 1 aromatic heterocycles. The fraction of sp³-hybridized carbons (Fsp3) is 0.375. The third-order valence-electron chi connectivity index (χ3n) is 3.83. The average molecular weight is 297 g/mol. The van der Waals surface area contributed by atoms with Crippen molar-refractivity contribution in [3.05, 3.63) is 36.2 Å². The zero-order valence-corrected chi connectivity index (χ0v) is 11.9. The summed E-state index contributed by atoms with van der Waals surface area (Å²) in [7, 11) is 0. The number of hydrogen-bond acceptors (Lipinski definition) is 6. The number of esters is 1. The van der Waals surface area contributed by atoms with Crippen LogP contribution in [0.1, 0.15) is 36.0 Å². The quantitative estimate of drug-likeness (QED) is 0.809. The SMILES string of the molecule is N#C[C@@H]1CCCC[C@@H]1OC(=O)c1cccc(-c2nnco2)c1. The van der Waals surface area contributed by atoms with Gasteiger partial charge in [0.25, 0.3) is 0 Å². The van der Waals surface area contributed by atoms with Crippen molar-refractivity contribution in [3.63, 3.8) is 0 Å². The molecule has 2 aromatic rings. The summed E-state index contributed by atoms with van der Waals surface area (Å²) >= 11 is 0. The first-order valence-corrected chi connectivity index (χ1v) is 7.25. The zero-order chi connectivity index (χ0) is 15.4. The standard InChI is InChI=1S/C16H15N3O3/c17-9-13-4-1-2-7-14(13)22-16(20)12-6-3-5-11(8-12)15-19-18-10-21-15/h3,5-6,8,10,13-14H,1-2,4,7H2/t13-,14-/m0/s1. The summed E-state index contributed by atoms with van der Waals surface area (Å²) in [5, 5.41) is 16.6. The van der Waals surface area contributed by atoms with E-state index in [1.165, 1.54) is 6.39 Å². The maximum Gasteiger partial charge on any atom is 0.338 e. The minimum absolute atomic E-state index is 0.211. The van der Waals surface area contributed by atoms with E-state index >= 15 is 0 Å². The molecule has 0 aliphatic heterocycles. The maximum atomic E-state index is 12.3. The molecule has 1 aliphatic rings. The number of nitrogens with zero attached hydrogens (tertiary/aromatic N) is 3. The monoisotopic (exact) mass is 297 g/mol. The van der Waals surface area contributed by atoms with Gasteiger partial charge in [0.1, 0.15) is 6.10 Å². The lowest BCUT2D eigenvalue weighted by Crippen LogP contribution is -2.29. The number of rotatable bonds is 3. The van der Waals surface area contributed by atoms with E-state index in [0.29, 0.717) is 17.0 Å². The van der Waals surface area contributed by atoms with Crippen LogP contribution in [0.4, 0.5) is 0 Å². The summed E-state index contributed by atoms with van der Waals surface area (Å²) < 4.78 is 10.6. The molecule has 22 heavy (non-hydrogen) atoms. The first-order chi connectivity index (χ1) is 10.8.